The van der Waals surface area contributed by atoms with Crippen LogP contribution in [0.25, 0.3) is 0 Å². The standard InChI is InChI=1S/C11H19NO2/c1-14-11(13)8-5-9-12-10-6-3-2-4-7-10/h5,8,10,12H,2-4,6-7,9H2,1H3/b8-5+. The van der Waals surface area contributed by atoms with Crippen LogP contribution in [-0.2, 0) is 9.53 Å². The topological polar surface area (TPSA) is 38.3 Å². The molecule has 0 spiro atoms. The van der Waals surface area contributed by atoms with Crippen LogP contribution in [0.4, 0.5) is 0 Å². The van der Waals surface area contributed by atoms with E-state index in [-0.39, 0.29) is 5.97 Å². The van der Waals surface area contributed by atoms with E-state index in [1.807, 2.05) is 6.08 Å². The molecule has 0 aliphatic heterocycles. The molecule has 1 N–H and O–H groups in total. The van der Waals surface area contributed by atoms with Crippen molar-refractivity contribution >= 4 is 5.97 Å². The van der Waals surface area contributed by atoms with Crippen LogP contribution < -0.4 is 5.32 Å². The molecule has 1 aliphatic carbocycles. The quantitative estimate of drug-likeness (QED) is 0.550. The molecule has 0 saturated heterocycles. The largest absolute Gasteiger partial charge is 0.466 e. The van der Waals surface area contributed by atoms with Crippen molar-refractivity contribution in [2.45, 2.75) is 38.1 Å². The van der Waals surface area contributed by atoms with Crippen molar-refractivity contribution < 1.29 is 9.53 Å². The highest BCUT2D eigenvalue weighted by Gasteiger charge is 2.10. The van der Waals surface area contributed by atoms with Crippen molar-refractivity contribution in [3.63, 3.8) is 0 Å². The second-order valence-electron chi connectivity index (χ2n) is 3.67. The Morgan fingerprint density at radius 2 is 2.14 bits per heavy atom. The Hall–Kier alpha value is -0.830. The van der Waals surface area contributed by atoms with E-state index in [1.54, 1.807) is 0 Å². The van der Waals surface area contributed by atoms with Gasteiger partial charge in [-0.15, -0.1) is 0 Å². The van der Waals surface area contributed by atoms with Gasteiger partial charge in [-0.3, -0.25) is 0 Å². The fourth-order valence-electron chi connectivity index (χ4n) is 1.76. The summed E-state index contributed by atoms with van der Waals surface area (Å²) >= 11 is 0. The Morgan fingerprint density at radius 1 is 1.43 bits per heavy atom. The number of hydrogen-bond donors (Lipinski definition) is 1. The Balaban J connectivity index is 2.07. The summed E-state index contributed by atoms with van der Waals surface area (Å²) in [5, 5.41) is 3.41. The second-order valence-corrected chi connectivity index (χ2v) is 3.67. The molecule has 0 radical (unpaired) electrons. The molecule has 1 aliphatic rings. The van der Waals surface area contributed by atoms with Gasteiger partial charge >= 0.3 is 5.97 Å². The van der Waals surface area contributed by atoms with Crippen molar-refractivity contribution in [1.29, 1.82) is 0 Å². The predicted octanol–water partition coefficient (Wildman–Crippen LogP) is 1.64. The van der Waals surface area contributed by atoms with Gasteiger partial charge < -0.3 is 10.1 Å². The SMILES string of the molecule is COC(=O)/C=C/CNC1CCCCC1. The predicted molar refractivity (Wildman–Crippen MR) is 56.0 cm³/mol. The van der Waals surface area contributed by atoms with Crippen LogP contribution in [-0.4, -0.2) is 25.7 Å². The van der Waals surface area contributed by atoms with Crippen LogP contribution >= 0.6 is 0 Å². The molecule has 1 saturated carbocycles. The lowest BCUT2D eigenvalue weighted by molar-refractivity contribution is -0.134. The van der Waals surface area contributed by atoms with Gasteiger partial charge in [0.15, 0.2) is 0 Å². The molecule has 80 valence electrons. The summed E-state index contributed by atoms with van der Waals surface area (Å²) in [6, 6.07) is 0.644. The summed E-state index contributed by atoms with van der Waals surface area (Å²) in [7, 11) is 1.39. The highest BCUT2D eigenvalue weighted by Crippen LogP contribution is 2.16. The number of methoxy groups -OCH3 is 1. The summed E-state index contributed by atoms with van der Waals surface area (Å²) in [4.78, 5) is 10.7. The lowest BCUT2D eigenvalue weighted by Crippen LogP contribution is -2.31. The van der Waals surface area contributed by atoms with Crippen molar-refractivity contribution in [2.24, 2.45) is 0 Å². The van der Waals surface area contributed by atoms with E-state index in [9.17, 15) is 4.79 Å². The Morgan fingerprint density at radius 3 is 2.79 bits per heavy atom. The molecule has 1 rings (SSSR count). The minimum atomic E-state index is -0.282. The maximum absolute atomic E-state index is 10.7. The fourth-order valence-corrected chi connectivity index (χ4v) is 1.76. The van der Waals surface area contributed by atoms with E-state index in [0.29, 0.717) is 6.04 Å². The fraction of sp³-hybridized carbons (Fsp3) is 0.727. The third-order valence-electron chi connectivity index (χ3n) is 2.58. The van der Waals surface area contributed by atoms with Crippen molar-refractivity contribution in [1.82, 2.24) is 5.32 Å². The monoisotopic (exact) mass is 197 g/mol. The molecule has 0 heterocycles. The van der Waals surface area contributed by atoms with Crippen LogP contribution in [0.1, 0.15) is 32.1 Å². The van der Waals surface area contributed by atoms with Crippen molar-refractivity contribution in [3.8, 4) is 0 Å². The van der Waals surface area contributed by atoms with Gasteiger partial charge in [0, 0.05) is 18.7 Å². The van der Waals surface area contributed by atoms with Crippen LogP contribution in [0.2, 0.25) is 0 Å². The van der Waals surface area contributed by atoms with Gasteiger partial charge in [-0.1, -0.05) is 25.3 Å². The first kappa shape index (κ1) is 11.2. The van der Waals surface area contributed by atoms with Crippen molar-refractivity contribution in [3.05, 3.63) is 12.2 Å². The number of hydrogen-bond acceptors (Lipinski definition) is 3. The smallest absolute Gasteiger partial charge is 0.330 e. The lowest BCUT2D eigenvalue weighted by Gasteiger charge is -2.21. The van der Waals surface area contributed by atoms with Gasteiger partial charge in [0.2, 0.25) is 0 Å². The number of carbonyl (C=O) groups is 1. The first-order valence-electron chi connectivity index (χ1n) is 5.31. The zero-order valence-corrected chi connectivity index (χ0v) is 8.79. The van der Waals surface area contributed by atoms with Crippen LogP contribution in [0.5, 0.6) is 0 Å². The molecule has 3 heteroatoms. The van der Waals surface area contributed by atoms with E-state index in [4.69, 9.17) is 0 Å². The Kier molecular flexibility index (Phi) is 5.30. The molecular formula is C11H19NO2. The molecule has 14 heavy (non-hydrogen) atoms. The molecule has 0 aromatic carbocycles. The number of ether oxygens (including phenoxy) is 1. The maximum Gasteiger partial charge on any atom is 0.330 e. The number of nitrogens with one attached hydrogen (secondary N) is 1. The zero-order valence-electron chi connectivity index (χ0n) is 8.79. The van der Waals surface area contributed by atoms with Gasteiger partial charge in [-0.05, 0) is 12.8 Å². The molecular weight excluding hydrogens is 178 g/mol. The summed E-state index contributed by atoms with van der Waals surface area (Å²) < 4.78 is 4.49. The third-order valence-corrected chi connectivity index (χ3v) is 2.58. The first-order valence-corrected chi connectivity index (χ1v) is 5.31. The lowest BCUT2D eigenvalue weighted by atomic mass is 9.95. The molecule has 3 nitrogen and oxygen atoms in total. The van der Waals surface area contributed by atoms with Gasteiger partial charge in [-0.2, -0.15) is 0 Å². The maximum atomic E-state index is 10.7. The minimum absolute atomic E-state index is 0.282. The first-order chi connectivity index (χ1) is 6.83. The van der Waals surface area contributed by atoms with Gasteiger partial charge in [0.25, 0.3) is 0 Å². The second kappa shape index (κ2) is 6.60. The molecule has 0 aromatic rings. The van der Waals surface area contributed by atoms with Gasteiger partial charge in [-0.25, -0.2) is 4.79 Å². The van der Waals surface area contributed by atoms with E-state index in [0.717, 1.165) is 6.54 Å². The van der Waals surface area contributed by atoms with E-state index < -0.39 is 0 Å². The molecule has 0 aromatic heterocycles. The third kappa shape index (κ3) is 4.42. The summed E-state index contributed by atoms with van der Waals surface area (Å²) in [5.41, 5.74) is 0. The molecule has 0 unspecified atom stereocenters. The van der Waals surface area contributed by atoms with Crippen molar-refractivity contribution in [2.75, 3.05) is 13.7 Å². The molecule has 0 bridgehead atoms. The van der Waals surface area contributed by atoms with E-state index in [2.05, 4.69) is 10.1 Å². The normalized spacial score (nSPS) is 18.6. The summed E-state index contributed by atoms with van der Waals surface area (Å²) in [6.45, 7) is 0.764. The minimum Gasteiger partial charge on any atom is -0.466 e. The number of rotatable bonds is 4. The van der Waals surface area contributed by atoms with Crippen LogP contribution in [0.3, 0.4) is 0 Å². The number of carbonyl (C=O) groups excluding carboxylic acids is 1. The van der Waals surface area contributed by atoms with E-state index >= 15 is 0 Å². The average molecular weight is 197 g/mol. The Labute approximate surface area is 85.5 Å². The van der Waals surface area contributed by atoms with E-state index in [1.165, 1.54) is 45.3 Å². The summed E-state index contributed by atoms with van der Waals surface area (Å²) in [6.07, 6.45) is 9.86. The zero-order chi connectivity index (χ0) is 10.2. The highest BCUT2D eigenvalue weighted by molar-refractivity contribution is 5.81. The highest BCUT2D eigenvalue weighted by atomic mass is 16.5. The van der Waals surface area contributed by atoms with Crippen LogP contribution in [0, 0.1) is 0 Å². The van der Waals surface area contributed by atoms with Crippen LogP contribution in [0.15, 0.2) is 12.2 Å². The summed E-state index contributed by atoms with van der Waals surface area (Å²) in [5.74, 6) is -0.282. The van der Waals surface area contributed by atoms with Gasteiger partial charge in [0.1, 0.15) is 0 Å². The Bertz CT molecular complexity index is 195. The molecule has 0 atom stereocenters. The number of esters is 1. The molecule has 1 fully saturated rings. The average Bonchev–Trinajstić information content (AvgIpc) is 2.25. The van der Waals surface area contributed by atoms with Gasteiger partial charge in [0.05, 0.1) is 7.11 Å². The molecule has 0 amide bonds.